The molecule has 3 rings (SSSR count). The summed E-state index contributed by atoms with van der Waals surface area (Å²) in [6.07, 6.45) is 0. The largest absolute Gasteiger partial charge is 0.478 e. The van der Waals surface area contributed by atoms with E-state index in [0.717, 1.165) is 0 Å². The smallest absolute Gasteiger partial charge is 0.336 e. The van der Waals surface area contributed by atoms with Gasteiger partial charge >= 0.3 is 11.9 Å². The number of rotatable bonds is 5. The first-order valence-corrected chi connectivity index (χ1v) is 7.94. The molecule has 0 saturated heterocycles. The zero-order chi connectivity index (χ0) is 19.6. The predicted molar refractivity (Wildman–Crippen MR) is 100 cm³/mol. The third kappa shape index (κ3) is 3.69. The summed E-state index contributed by atoms with van der Waals surface area (Å²) in [4.78, 5) is 30.9. The normalized spacial score (nSPS) is 10.4. The molecular weight excluding hydrogens is 348 g/mol. The summed E-state index contributed by atoms with van der Waals surface area (Å²) in [6, 6.07) is 12.6. The first kappa shape index (κ1) is 17.9. The SMILES string of the molecule is Cc1nc(Nc2ccc(C(=O)O)cc2)nc(N)c1-c1ccccc1C(=O)O. The highest BCUT2D eigenvalue weighted by atomic mass is 16.4. The molecular formula is C19H16N4O4. The summed E-state index contributed by atoms with van der Waals surface area (Å²) >= 11 is 0. The molecule has 0 saturated carbocycles. The Kier molecular flexibility index (Phi) is 4.71. The highest BCUT2D eigenvalue weighted by molar-refractivity contribution is 5.98. The minimum Gasteiger partial charge on any atom is -0.478 e. The molecule has 0 amide bonds. The molecule has 0 radical (unpaired) electrons. The van der Waals surface area contributed by atoms with Crippen LogP contribution in [0.2, 0.25) is 0 Å². The number of nitrogens with two attached hydrogens (primary N) is 1. The second-order valence-corrected chi connectivity index (χ2v) is 5.75. The van der Waals surface area contributed by atoms with Gasteiger partial charge < -0.3 is 21.3 Å². The van der Waals surface area contributed by atoms with E-state index in [4.69, 9.17) is 10.8 Å². The molecule has 0 fully saturated rings. The summed E-state index contributed by atoms with van der Waals surface area (Å²) in [5.74, 6) is -1.71. The number of carboxylic acid groups (broad SMARTS) is 2. The molecule has 0 unspecified atom stereocenters. The maximum atomic E-state index is 11.5. The molecule has 0 spiro atoms. The minimum atomic E-state index is -1.06. The molecule has 8 heteroatoms. The number of aromatic nitrogens is 2. The van der Waals surface area contributed by atoms with Gasteiger partial charge in [-0.1, -0.05) is 18.2 Å². The molecule has 27 heavy (non-hydrogen) atoms. The van der Waals surface area contributed by atoms with Crippen LogP contribution < -0.4 is 11.1 Å². The van der Waals surface area contributed by atoms with Crippen molar-refractivity contribution in [3.8, 4) is 11.1 Å². The van der Waals surface area contributed by atoms with E-state index < -0.39 is 11.9 Å². The summed E-state index contributed by atoms with van der Waals surface area (Å²) in [6.45, 7) is 1.71. The van der Waals surface area contributed by atoms with Crippen LogP contribution in [0.25, 0.3) is 11.1 Å². The number of aryl methyl sites for hydroxylation is 1. The number of anilines is 3. The van der Waals surface area contributed by atoms with Gasteiger partial charge in [0.25, 0.3) is 0 Å². The van der Waals surface area contributed by atoms with Crippen molar-refractivity contribution in [1.82, 2.24) is 9.97 Å². The van der Waals surface area contributed by atoms with E-state index >= 15 is 0 Å². The lowest BCUT2D eigenvalue weighted by Gasteiger charge is -2.13. The van der Waals surface area contributed by atoms with Crippen molar-refractivity contribution in [2.75, 3.05) is 11.1 Å². The number of nitrogen functional groups attached to an aromatic ring is 1. The van der Waals surface area contributed by atoms with Crippen LogP contribution in [0.15, 0.2) is 48.5 Å². The van der Waals surface area contributed by atoms with Gasteiger partial charge in [0.05, 0.1) is 16.8 Å². The molecule has 0 atom stereocenters. The topological polar surface area (TPSA) is 138 Å². The van der Waals surface area contributed by atoms with E-state index in [2.05, 4.69) is 15.3 Å². The van der Waals surface area contributed by atoms with Crippen molar-refractivity contribution in [3.05, 3.63) is 65.4 Å². The lowest BCUT2D eigenvalue weighted by atomic mass is 9.99. The fourth-order valence-corrected chi connectivity index (χ4v) is 2.70. The van der Waals surface area contributed by atoms with Crippen molar-refractivity contribution < 1.29 is 19.8 Å². The number of benzene rings is 2. The van der Waals surface area contributed by atoms with Gasteiger partial charge in [-0.05, 0) is 37.3 Å². The van der Waals surface area contributed by atoms with Crippen LogP contribution in [-0.4, -0.2) is 32.1 Å². The first-order valence-electron chi connectivity index (χ1n) is 7.94. The third-order valence-corrected chi connectivity index (χ3v) is 3.93. The quantitative estimate of drug-likeness (QED) is 0.541. The summed E-state index contributed by atoms with van der Waals surface area (Å²) < 4.78 is 0. The van der Waals surface area contributed by atoms with Gasteiger partial charge in [-0.15, -0.1) is 0 Å². The molecule has 8 nitrogen and oxygen atoms in total. The molecule has 0 aliphatic rings. The van der Waals surface area contributed by atoms with Crippen molar-refractivity contribution in [2.45, 2.75) is 6.92 Å². The number of nitrogens with one attached hydrogen (secondary N) is 1. The monoisotopic (exact) mass is 364 g/mol. The zero-order valence-corrected chi connectivity index (χ0v) is 14.3. The number of carboxylic acids is 2. The second kappa shape index (κ2) is 7.12. The Balaban J connectivity index is 1.96. The average molecular weight is 364 g/mol. The number of hydrogen-bond donors (Lipinski definition) is 4. The van der Waals surface area contributed by atoms with Crippen LogP contribution in [0, 0.1) is 6.92 Å². The Labute approximate surface area is 154 Å². The Morgan fingerprint density at radius 3 is 2.22 bits per heavy atom. The van der Waals surface area contributed by atoms with Crippen molar-refractivity contribution in [3.63, 3.8) is 0 Å². The Bertz CT molecular complexity index is 1010. The standard InChI is InChI=1S/C19H16N4O4/c1-10-15(13-4-2-3-5-14(13)18(26)27)16(20)23-19(21-10)22-12-8-6-11(7-9-12)17(24)25/h2-9H,1H3,(H,24,25)(H,26,27)(H3,20,21,22,23). The molecule has 2 aromatic carbocycles. The maximum absolute atomic E-state index is 11.5. The van der Waals surface area contributed by atoms with Gasteiger partial charge in [-0.2, -0.15) is 4.98 Å². The first-order chi connectivity index (χ1) is 12.9. The van der Waals surface area contributed by atoms with Crippen LogP contribution in [0.5, 0.6) is 0 Å². The molecule has 1 heterocycles. The number of carbonyl (C=O) groups is 2. The Morgan fingerprint density at radius 2 is 1.63 bits per heavy atom. The lowest BCUT2D eigenvalue weighted by molar-refractivity contribution is 0.0686. The fraction of sp³-hybridized carbons (Fsp3) is 0.0526. The maximum Gasteiger partial charge on any atom is 0.336 e. The highest BCUT2D eigenvalue weighted by Gasteiger charge is 2.18. The number of aromatic carboxylic acids is 2. The van der Waals surface area contributed by atoms with E-state index in [1.165, 1.54) is 18.2 Å². The van der Waals surface area contributed by atoms with Gasteiger partial charge in [-0.3, -0.25) is 0 Å². The van der Waals surface area contributed by atoms with Crippen molar-refractivity contribution >= 4 is 29.4 Å². The average Bonchev–Trinajstić information content (AvgIpc) is 2.62. The van der Waals surface area contributed by atoms with Gasteiger partial charge in [0.1, 0.15) is 5.82 Å². The number of hydrogen-bond acceptors (Lipinski definition) is 6. The third-order valence-electron chi connectivity index (χ3n) is 3.93. The van der Waals surface area contributed by atoms with Crippen LogP contribution in [0.1, 0.15) is 26.4 Å². The highest BCUT2D eigenvalue weighted by Crippen LogP contribution is 2.31. The summed E-state index contributed by atoms with van der Waals surface area (Å²) in [7, 11) is 0. The summed E-state index contributed by atoms with van der Waals surface area (Å²) in [5.41, 5.74) is 8.37. The molecule has 5 N–H and O–H groups in total. The molecule has 0 aliphatic heterocycles. The molecule has 1 aromatic heterocycles. The zero-order valence-electron chi connectivity index (χ0n) is 14.3. The summed E-state index contributed by atoms with van der Waals surface area (Å²) in [5, 5.41) is 21.3. The molecule has 3 aromatic rings. The van der Waals surface area contributed by atoms with Crippen LogP contribution in [0.3, 0.4) is 0 Å². The van der Waals surface area contributed by atoms with E-state index in [1.807, 2.05) is 0 Å². The van der Waals surface area contributed by atoms with Gasteiger partial charge in [0, 0.05) is 16.8 Å². The fourth-order valence-electron chi connectivity index (χ4n) is 2.70. The molecule has 0 bridgehead atoms. The van der Waals surface area contributed by atoms with Crippen LogP contribution in [0.4, 0.5) is 17.5 Å². The van der Waals surface area contributed by atoms with Crippen molar-refractivity contribution in [1.29, 1.82) is 0 Å². The molecule has 0 aliphatic carbocycles. The van der Waals surface area contributed by atoms with Gasteiger partial charge in [0.2, 0.25) is 5.95 Å². The second-order valence-electron chi connectivity index (χ2n) is 5.75. The Morgan fingerprint density at radius 1 is 0.963 bits per heavy atom. The van der Waals surface area contributed by atoms with E-state index in [1.54, 1.807) is 37.3 Å². The lowest BCUT2D eigenvalue weighted by Crippen LogP contribution is -2.07. The van der Waals surface area contributed by atoms with Crippen LogP contribution in [-0.2, 0) is 0 Å². The Hall–Kier alpha value is -3.94. The van der Waals surface area contributed by atoms with Gasteiger partial charge in [0.15, 0.2) is 0 Å². The predicted octanol–water partition coefficient (Wildman–Crippen LogP) is 3.17. The van der Waals surface area contributed by atoms with E-state index in [9.17, 15) is 14.7 Å². The van der Waals surface area contributed by atoms with E-state index in [0.29, 0.717) is 22.5 Å². The van der Waals surface area contributed by atoms with Crippen molar-refractivity contribution in [2.24, 2.45) is 0 Å². The van der Waals surface area contributed by atoms with E-state index in [-0.39, 0.29) is 22.9 Å². The van der Waals surface area contributed by atoms with Gasteiger partial charge in [-0.25, -0.2) is 14.6 Å². The minimum absolute atomic E-state index is 0.112. The molecule has 136 valence electrons. The number of nitrogens with zero attached hydrogens (tertiary/aromatic N) is 2. The van der Waals surface area contributed by atoms with Crippen LogP contribution >= 0.6 is 0 Å².